The van der Waals surface area contributed by atoms with Crippen molar-refractivity contribution in [3.05, 3.63) is 61.4 Å². The van der Waals surface area contributed by atoms with E-state index in [1.165, 1.54) is 12.0 Å². The summed E-state index contributed by atoms with van der Waals surface area (Å²) >= 11 is 7.55. The molecule has 3 rings (SSSR count). The van der Waals surface area contributed by atoms with E-state index in [1.807, 2.05) is 30.3 Å². The van der Waals surface area contributed by atoms with Crippen LogP contribution in [0.2, 0.25) is 0 Å². The molecule has 2 amide bonds. The maximum Gasteiger partial charge on any atom is 0.293 e. The van der Waals surface area contributed by atoms with Crippen LogP contribution in [-0.4, -0.2) is 28.3 Å². The number of rotatable bonds is 4. The molecule has 1 heterocycles. The predicted octanol–water partition coefficient (Wildman–Crippen LogP) is 5.16. The van der Waals surface area contributed by atoms with Gasteiger partial charge in [0.1, 0.15) is 0 Å². The molecule has 0 unspecified atom stereocenters. The number of carbonyl (C=O) groups is 2. The largest absolute Gasteiger partial charge is 0.503 e. The van der Waals surface area contributed by atoms with E-state index in [2.05, 4.69) is 31.9 Å². The first-order chi connectivity index (χ1) is 12.4. The first-order valence-corrected chi connectivity index (χ1v) is 9.87. The normalized spacial score (nSPS) is 15.8. The molecule has 0 radical (unpaired) electrons. The molecule has 0 bridgehead atoms. The smallest absolute Gasteiger partial charge is 0.293 e. The Morgan fingerprint density at radius 2 is 1.88 bits per heavy atom. The summed E-state index contributed by atoms with van der Waals surface area (Å²) in [7, 11) is 1.44. The third-order valence-corrected chi connectivity index (χ3v) is 6.80. The van der Waals surface area contributed by atoms with Gasteiger partial charge in [-0.1, -0.05) is 30.3 Å². The zero-order valence-corrected chi connectivity index (χ0v) is 17.5. The summed E-state index contributed by atoms with van der Waals surface area (Å²) in [6.45, 7) is 0.229. The standard InChI is InChI=1S/C18H13Br2NO4S/c1-25-12-7-11(14(19)15(20)16(12)22)8-13-17(23)21(18(24)26-13)9-10-5-3-2-4-6-10/h2-8,22H,9H2,1H3/b13-8-. The molecular weight excluding hydrogens is 486 g/mol. The summed E-state index contributed by atoms with van der Waals surface area (Å²) < 4.78 is 6.10. The number of hydrogen-bond acceptors (Lipinski definition) is 5. The number of nitrogens with zero attached hydrogens (tertiary/aromatic N) is 1. The first kappa shape index (κ1) is 19.0. The van der Waals surface area contributed by atoms with Crippen molar-refractivity contribution in [3.63, 3.8) is 0 Å². The Bertz CT molecular complexity index is 915. The van der Waals surface area contributed by atoms with Crippen LogP contribution < -0.4 is 4.74 Å². The number of aromatic hydroxyl groups is 1. The van der Waals surface area contributed by atoms with Crippen molar-refractivity contribution in [3.8, 4) is 11.5 Å². The second-order valence-corrected chi connectivity index (χ2v) is 7.98. The monoisotopic (exact) mass is 497 g/mol. The van der Waals surface area contributed by atoms with Crippen molar-refractivity contribution in [2.45, 2.75) is 6.54 Å². The fourth-order valence-corrected chi connectivity index (χ4v) is 4.09. The molecule has 1 aliphatic heterocycles. The molecule has 2 aromatic carbocycles. The van der Waals surface area contributed by atoms with Crippen molar-refractivity contribution in [1.82, 2.24) is 4.90 Å². The van der Waals surface area contributed by atoms with Gasteiger partial charge < -0.3 is 9.84 Å². The molecule has 0 atom stereocenters. The highest BCUT2D eigenvalue weighted by Crippen LogP contribution is 2.43. The van der Waals surface area contributed by atoms with Crippen molar-refractivity contribution < 1.29 is 19.4 Å². The van der Waals surface area contributed by atoms with Crippen LogP contribution in [0.4, 0.5) is 4.79 Å². The van der Waals surface area contributed by atoms with E-state index >= 15 is 0 Å². The number of ether oxygens (including phenoxy) is 1. The molecule has 26 heavy (non-hydrogen) atoms. The Morgan fingerprint density at radius 1 is 1.19 bits per heavy atom. The number of benzene rings is 2. The number of halogens is 2. The van der Waals surface area contributed by atoms with E-state index < -0.39 is 0 Å². The average molecular weight is 499 g/mol. The fourth-order valence-electron chi connectivity index (χ4n) is 2.42. The highest BCUT2D eigenvalue weighted by Gasteiger charge is 2.35. The van der Waals surface area contributed by atoms with E-state index in [0.717, 1.165) is 17.3 Å². The van der Waals surface area contributed by atoms with Crippen LogP contribution in [0.15, 0.2) is 50.2 Å². The quantitative estimate of drug-likeness (QED) is 0.589. The molecule has 8 heteroatoms. The molecule has 1 aliphatic rings. The van der Waals surface area contributed by atoms with Gasteiger partial charge in [0.15, 0.2) is 11.5 Å². The topological polar surface area (TPSA) is 66.8 Å². The van der Waals surface area contributed by atoms with Gasteiger partial charge >= 0.3 is 0 Å². The minimum absolute atomic E-state index is 0.0475. The number of thioether (sulfide) groups is 1. The molecule has 0 aliphatic carbocycles. The third kappa shape index (κ3) is 3.67. The second-order valence-electron chi connectivity index (χ2n) is 5.40. The van der Waals surface area contributed by atoms with Crippen LogP contribution >= 0.6 is 43.6 Å². The van der Waals surface area contributed by atoms with Gasteiger partial charge in [0.2, 0.25) is 0 Å². The summed E-state index contributed by atoms with van der Waals surface area (Å²) in [5.41, 5.74) is 1.49. The van der Waals surface area contributed by atoms with Crippen LogP contribution in [0.3, 0.4) is 0 Å². The second kappa shape index (κ2) is 7.85. The number of imide groups is 1. The van der Waals surface area contributed by atoms with Crippen LogP contribution in [-0.2, 0) is 11.3 Å². The summed E-state index contributed by atoms with van der Waals surface area (Å²) in [5.74, 6) is -0.137. The predicted molar refractivity (Wildman–Crippen MR) is 108 cm³/mol. The van der Waals surface area contributed by atoms with E-state index in [0.29, 0.717) is 19.4 Å². The SMILES string of the molecule is COc1cc(/C=C2\SC(=O)N(Cc3ccccc3)C2=O)c(Br)c(Br)c1O. The molecule has 0 saturated carbocycles. The number of methoxy groups -OCH3 is 1. The Balaban J connectivity index is 1.92. The first-order valence-electron chi connectivity index (χ1n) is 7.46. The summed E-state index contributed by atoms with van der Waals surface area (Å²) in [5, 5.41) is 9.69. The molecule has 5 nitrogen and oxygen atoms in total. The summed E-state index contributed by atoms with van der Waals surface area (Å²) in [6.07, 6.45) is 1.60. The van der Waals surface area contributed by atoms with E-state index in [4.69, 9.17) is 4.74 Å². The van der Waals surface area contributed by atoms with Crippen LogP contribution in [0.1, 0.15) is 11.1 Å². The lowest BCUT2D eigenvalue weighted by Gasteiger charge is -2.12. The van der Waals surface area contributed by atoms with Crippen molar-refractivity contribution in [2.24, 2.45) is 0 Å². The number of amides is 2. The molecule has 1 saturated heterocycles. The van der Waals surface area contributed by atoms with Crippen LogP contribution in [0.25, 0.3) is 6.08 Å². The lowest BCUT2D eigenvalue weighted by molar-refractivity contribution is -0.123. The minimum Gasteiger partial charge on any atom is -0.503 e. The van der Waals surface area contributed by atoms with Crippen LogP contribution in [0, 0.1) is 0 Å². The number of carbonyl (C=O) groups excluding carboxylic acids is 2. The van der Waals surface area contributed by atoms with Gasteiger partial charge in [-0.15, -0.1) is 0 Å². The molecular formula is C18H13Br2NO4S. The highest BCUT2D eigenvalue weighted by atomic mass is 79.9. The molecule has 1 fully saturated rings. The van der Waals surface area contributed by atoms with Gasteiger partial charge in [0.25, 0.3) is 11.1 Å². The molecule has 1 N–H and O–H groups in total. The Labute approximate surface area is 171 Å². The Kier molecular flexibility index (Phi) is 5.74. The molecule has 0 spiro atoms. The Morgan fingerprint density at radius 3 is 2.54 bits per heavy atom. The lowest BCUT2D eigenvalue weighted by atomic mass is 10.1. The van der Waals surface area contributed by atoms with Gasteiger partial charge in [0.05, 0.1) is 23.0 Å². The van der Waals surface area contributed by atoms with Crippen molar-refractivity contribution in [1.29, 1.82) is 0 Å². The van der Waals surface area contributed by atoms with Crippen LogP contribution in [0.5, 0.6) is 11.5 Å². The maximum atomic E-state index is 12.7. The highest BCUT2D eigenvalue weighted by molar-refractivity contribution is 9.13. The van der Waals surface area contributed by atoms with Gasteiger partial charge in [-0.05, 0) is 66.9 Å². The molecule has 134 valence electrons. The van der Waals surface area contributed by atoms with E-state index in [1.54, 1.807) is 12.1 Å². The fraction of sp³-hybridized carbons (Fsp3) is 0.111. The van der Waals surface area contributed by atoms with Crippen molar-refractivity contribution >= 4 is 60.8 Å². The molecule has 2 aromatic rings. The number of phenolic OH excluding ortho intramolecular Hbond substituents is 1. The molecule has 0 aromatic heterocycles. The van der Waals surface area contributed by atoms with Gasteiger partial charge in [-0.2, -0.15) is 0 Å². The number of hydrogen-bond donors (Lipinski definition) is 1. The van der Waals surface area contributed by atoms with Gasteiger partial charge in [-0.3, -0.25) is 14.5 Å². The van der Waals surface area contributed by atoms with Crippen molar-refractivity contribution in [2.75, 3.05) is 7.11 Å². The Hall–Kier alpha value is -1.77. The zero-order chi connectivity index (χ0) is 18.8. The van der Waals surface area contributed by atoms with Gasteiger partial charge in [-0.25, -0.2) is 0 Å². The summed E-state index contributed by atoms with van der Waals surface area (Å²) in [4.78, 5) is 26.4. The summed E-state index contributed by atoms with van der Waals surface area (Å²) in [6, 6.07) is 10.9. The van der Waals surface area contributed by atoms with E-state index in [-0.39, 0.29) is 29.2 Å². The van der Waals surface area contributed by atoms with E-state index in [9.17, 15) is 14.7 Å². The third-order valence-electron chi connectivity index (χ3n) is 3.74. The number of phenols is 1. The minimum atomic E-state index is -0.348. The zero-order valence-electron chi connectivity index (χ0n) is 13.5. The maximum absolute atomic E-state index is 12.7. The van der Waals surface area contributed by atoms with Gasteiger partial charge in [0, 0.05) is 4.47 Å². The lowest BCUT2D eigenvalue weighted by Crippen LogP contribution is -2.27. The average Bonchev–Trinajstić information content (AvgIpc) is 2.90.